The minimum Gasteiger partial charge on any atom is -0.497 e. The minimum atomic E-state index is -1.25. The molecule has 2 aromatic carbocycles. The van der Waals surface area contributed by atoms with Crippen LogP contribution in [0.3, 0.4) is 0 Å². The molecular formula is C28H34FN3O7. The van der Waals surface area contributed by atoms with Gasteiger partial charge in [-0.15, -0.1) is 0 Å². The van der Waals surface area contributed by atoms with Crippen molar-refractivity contribution >= 4 is 11.9 Å². The summed E-state index contributed by atoms with van der Waals surface area (Å²) in [7, 11) is 3.22. The van der Waals surface area contributed by atoms with Crippen LogP contribution in [0.15, 0.2) is 48.5 Å². The second-order valence-corrected chi connectivity index (χ2v) is 9.58. The summed E-state index contributed by atoms with van der Waals surface area (Å²) in [6.45, 7) is 3.72. The lowest BCUT2D eigenvalue weighted by Crippen LogP contribution is -2.28. The minimum absolute atomic E-state index is 0.134. The molecule has 0 aliphatic heterocycles. The number of rotatable bonds is 13. The van der Waals surface area contributed by atoms with E-state index in [1.165, 1.54) is 33.8 Å². The highest BCUT2D eigenvalue weighted by molar-refractivity contribution is 5.94. The van der Waals surface area contributed by atoms with E-state index in [0.29, 0.717) is 17.0 Å². The van der Waals surface area contributed by atoms with Crippen molar-refractivity contribution in [1.82, 2.24) is 14.7 Å². The van der Waals surface area contributed by atoms with Gasteiger partial charge < -0.3 is 29.7 Å². The summed E-state index contributed by atoms with van der Waals surface area (Å²) in [5, 5.41) is 33.7. The third-order valence-electron chi connectivity index (χ3n) is 6.00. The predicted molar refractivity (Wildman–Crippen MR) is 141 cm³/mol. The Balaban J connectivity index is 1.95. The number of aromatic nitrogens is 2. The first kappa shape index (κ1) is 29.6. The van der Waals surface area contributed by atoms with Crippen LogP contribution in [0.4, 0.5) is 4.39 Å². The van der Waals surface area contributed by atoms with E-state index >= 15 is 0 Å². The molecule has 0 aliphatic carbocycles. The predicted octanol–water partition coefficient (Wildman–Crippen LogP) is 3.38. The number of benzene rings is 2. The molecule has 3 N–H and O–H groups in total. The van der Waals surface area contributed by atoms with E-state index in [1.54, 1.807) is 14.2 Å². The molecule has 10 nitrogen and oxygen atoms in total. The number of amides is 1. The molecular weight excluding hydrogens is 509 g/mol. The van der Waals surface area contributed by atoms with Crippen LogP contribution in [0, 0.1) is 5.82 Å². The first-order valence-electron chi connectivity index (χ1n) is 12.5. The standard InChI is InChI=1S/C28H34FN3O7/c1-17(2)25-26(27(37)31(3)15-18-6-5-7-23(12-18)38-4)30-32(20-10-8-19(29)9-11-20)28(25)39-16-22(34)13-21(33)14-24(35)36/h5-12,17,21-22,33-34H,13-16H2,1-4H3,(H,35,36)/t21-,22+/m1/s1. The van der Waals surface area contributed by atoms with Gasteiger partial charge in [-0.25, -0.2) is 9.07 Å². The average Bonchev–Trinajstić information content (AvgIpc) is 3.26. The number of aliphatic carboxylic acids is 1. The van der Waals surface area contributed by atoms with Crippen molar-refractivity contribution in [2.24, 2.45) is 0 Å². The van der Waals surface area contributed by atoms with E-state index in [1.807, 2.05) is 38.1 Å². The normalized spacial score (nSPS) is 12.7. The number of carboxylic acids is 1. The SMILES string of the molecule is COc1cccc(CN(C)C(=O)c2nn(-c3ccc(F)cc3)c(OC[C@@H](O)C[C@@H](O)CC(=O)O)c2C(C)C)c1. The molecule has 1 aromatic heterocycles. The van der Waals surface area contributed by atoms with Crippen LogP contribution in [-0.2, 0) is 11.3 Å². The highest BCUT2D eigenvalue weighted by Crippen LogP contribution is 2.34. The summed E-state index contributed by atoms with van der Waals surface area (Å²) in [6, 6.07) is 12.8. The van der Waals surface area contributed by atoms with Crippen molar-refractivity contribution in [3.63, 3.8) is 0 Å². The van der Waals surface area contributed by atoms with Crippen LogP contribution >= 0.6 is 0 Å². The molecule has 11 heteroatoms. The molecule has 210 valence electrons. The number of aliphatic hydroxyl groups is 2. The molecule has 1 heterocycles. The lowest BCUT2D eigenvalue weighted by molar-refractivity contribution is -0.139. The van der Waals surface area contributed by atoms with Crippen molar-refractivity contribution in [1.29, 1.82) is 0 Å². The molecule has 2 atom stereocenters. The highest BCUT2D eigenvalue weighted by atomic mass is 19.1. The van der Waals surface area contributed by atoms with Crippen molar-refractivity contribution in [3.8, 4) is 17.3 Å². The van der Waals surface area contributed by atoms with E-state index in [2.05, 4.69) is 5.10 Å². The van der Waals surface area contributed by atoms with Gasteiger partial charge in [0.15, 0.2) is 5.69 Å². The van der Waals surface area contributed by atoms with Crippen molar-refractivity contribution < 1.29 is 38.8 Å². The Bertz CT molecular complexity index is 1280. The topological polar surface area (TPSA) is 134 Å². The molecule has 0 unspecified atom stereocenters. The summed E-state index contributed by atoms with van der Waals surface area (Å²) in [6.07, 6.45) is -3.18. The van der Waals surface area contributed by atoms with Gasteiger partial charge in [0, 0.05) is 25.6 Å². The van der Waals surface area contributed by atoms with Crippen molar-refractivity contribution in [3.05, 3.63) is 71.2 Å². The molecule has 3 rings (SSSR count). The molecule has 0 saturated carbocycles. The van der Waals surface area contributed by atoms with E-state index in [4.69, 9.17) is 14.6 Å². The number of carboxylic acid groups (broad SMARTS) is 1. The first-order valence-corrected chi connectivity index (χ1v) is 12.5. The number of nitrogens with zero attached hydrogens (tertiary/aromatic N) is 3. The number of halogens is 1. The van der Waals surface area contributed by atoms with Crippen LogP contribution in [0.25, 0.3) is 5.69 Å². The zero-order chi connectivity index (χ0) is 28.7. The van der Waals surface area contributed by atoms with Crippen LogP contribution in [0.1, 0.15) is 54.2 Å². The summed E-state index contributed by atoms with van der Waals surface area (Å²) >= 11 is 0. The van der Waals surface area contributed by atoms with Crippen molar-refractivity contribution in [2.45, 2.75) is 51.4 Å². The van der Waals surface area contributed by atoms with Gasteiger partial charge in [-0.05, 0) is 47.9 Å². The van der Waals surface area contributed by atoms with Crippen molar-refractivity contribution in [2.75, 3.05) is 20.8 Å². The second kappa shape index (κ2) is 13.2. The van der Waals surface area contributed by atoms with Gasteiger partial charge in [-0.1, -0.05) is 26.0 Å². The molecule has 0 radical (unpaired) electrons. The highest BCUT2D eigenvalue weighted by Gasteiger charge is 2.30. The monoisotopic (exact) mass is 543 g/mol. The average molecular weight is 544 g/mol. The van der Waals surface area contributed by atoms with Gasteiger partial charge in [0.2, 0.25) is 5.88 Å². The Hall–Kier alpha value is -3.96. The number of aliphatic hydroxyl groups excluding tert-OH is 2. The molecule has 0 bridgehead atoms. The fourth-order valence-corrected chi connectivity index (χ4v) is 4.13. The molecule has 1 amide bonds. The first-order chi connectivity index (χ1) is 18.5. The number of hydrogen-bond acceptors (Lipinski definition) is 7. The lowest BCUT2D eigenvalue weighted by atomic mass is 10.0. The Labute approximate surface area is 226 Å². The lowest BCUT2D eigenvalue weighted by Gasteiger charge is -2.19. The van der Waals surface area contributed by atoms with Gasteiger partial charge in [0.25, 0.3) is 5.91 Å². The maximum Gasteiger partial charge on any atom is 0.305 e. The number of methoxy groups -OCH3 is 1. The molecule has 39 heavy (non-hydrogen) atoms. The Morgan fingerprint density at radius 1 is 1.10 bits per heavy atom. The smallest absolute Gasteiger partial charge is 0.305 e. The second-order valence-electron chi connectivity index (χ2n) is 9.58. The van der Waals surface area contributed by atoms with Gasteiger partial charge in [0.05, 0.1) is 31.4 Å². The largest absolute Gasteiger partial charge is 0.497 e. The summed E-state index contributed by atoms with van der Waals surface area (Å²) in [5.41, 5.74) is 1.91. The maximum absolute atomic E-state index is 13.6. The number of carbonyl (C=O) groups is 2. The Morgan fingerprint density at radius 3 is 2.41 bits per heavy atom. The van der Waals surface area contributed by atoms with Gasteiger partial charge in [0.1, 0.15) is 18.2 Å². The molecule has 0 fully saturated rings. The molecule has 0 spiro atoms. The van der Waals surface area contributed by atoms with E-state index in [-0.39, 0.29) is 43.0 Å². The zero-order valence-corrected chi connectivity index (χ0v) is 22.4. The Morgan fingerprint density at radius 2 is 1.79 bits per heavy atom. The summed E-state index contributed by atoms with van der Waals surface area (Å²) in [5.74, 6) is -1.39. The molecule has 0 aliphatic rings. The maximum atomic E-state index is 13.6. The summed E-state index contributed by atoms with van der Waals surface area (Å²) < 4.78 is 26.2. The summed E-state index contributed by atoms with van der Waals surface area (Å²) in [4.78, 5) is 26.0. The van der Waals surface area contributed by atoms with Crippen LogP contribution in [0.5, 0.6) is 11.6 Å². The zero-order valence-electron chi connectivity index (χ0n) is 22.4. The fraction of sp³-hybridized carbons (Fsp3) is 0.393. The van der Waals surface area contributed by atoms with Crippen LogP contribution in [-0.4, -0.2) is 74.8 Å². The molecule has 3 aromatic rings. The Kier molecular flexibility index (Phi) is 10.0. The van der Waals surface area contributed by atoms with Crippen LogP contribution < -0.4 is 9.47 Å². The van der Waals surface area contributed by atoms with Gasteiger partial charge in [-0.2, -0.15) is 5.10 Å². The third-order valence-corrected chi connectivity index (χ3v) is 6.00. The number of ether oxygens (including phenoxy) is 2. The molecule has 0 saturated heterocycles. The number of carbonyl (C=O) groups excluding carboxylic acids is 1. The fourth-order valence-electron chi connectivity index (χ4n) is 4.13. The van der Waals surface area contributed by atoms with Crippen LogP contribution in [0.2, 0.25) is 0 Å². The third kappa shape index (κ3) is 7.78. The van der Waals surface area contributed by atoms with E-state index in [0.717, 1.165) is 5.56 Å². The van der Waals surface area contributed by atoms with E-state index in [9.17, 15) is 24.2 Å². The number of hydrogen-bond donors (Lipinski definition) is 3. The quantitative estimate of drug-likeness (QED) is 0.299. The van der Waals surface area contributed by atoms with E-state index < -0.39 is 30.4 Å². The van der Waals surface area contributed by atoms with Gasteiger partial charge in [-0.3, -0.25) is 9.59 Å². The van der Waals surface area contributed by atoms with Gasteiger partial charge >= 0.3 is 5.97 Å².